The van der Waals surface area contributed by atoms with Gasteiger partial charge in [-0.1, -0.05) is 12.1 Å². The van der Waals surface area contributed by atoms with Gasteiger partial charge in [0.2, 0.25) is 5.78 Å². The van der Waals surface area contributed by atoms with E-state index >= 15 is 0 Å². The maximum atomic E-state index is 12.2. The van der Waals surface area contributed by atoms with Gasteiger partial charge < -0.3 is 5.73 Å². The van der Waals surface area contributed by atoms with Crippen LogP contribution in [0.4, 0.5) is 5.69 Å². The van der Waals surface area contributed by atoms with Crippen molar-refractivity contribution in [2.45, 2.75) is 6.92 Å². The Morgan fingerprint density at radius 2 is 2.00 bits per heavy atom. The van der Waals surface area contributed by atoms with Gasteiger partial charge in [-0.25, -0.2) is 0 Å². The van der Waals surface area contributed by atoms with Crippen molar-refractivity contribution < 1.29 is 4.79 Å². The van der Waals surface area contributed by atoms with Crippen molar-refractivity contribution in [1.82, 2.24) is 0 Å². The van der Waals surface area contributed by atoms with Gasteiger partial charge in [0.15, 0.2) is 0 Å². The molecule has 5 heteroatoms. The number of halogens is 2. The smallest absolute Gasteiger partial charge is 0.203 e. The molecule has 1 heterocycles. The first-order chi connectivity index (χ1) is 7.99. The van der Waals surface area contributed by atoms with Crippen molar-refractivity contribution in [2.24, 2.45) is 0 Å². The van der Waals surface area contributed by atoms with Gasteiger partial charge in [0, 0.05) is 15.7 Å². The summed E-state index contributed by atoms with van der Waals surface area (Å²) in [5, 5.41) is 0. The van der Waals surface area contributed by atoms with Gasteiger partial charge in [-0.15, -0.1) is 11.3 Å². The van der Waals surface area contributed by atoms with Gasteiger partial charge in [0.25, 0.3) is 0 Å². The van der Waals surface area contributed by atoms with E-state index < -0.39 is 0 Å². The highest BCUT2D eigenvalue weighted by Crippen LogP contribution is 2.33. The molecule has 2 rings (SSSR count). The van der Waals surface area contributed by atoms with Crippen molar-refractivity contribution in [1.29, 1.82) is 0 Å². The van der Waals surface area contributed by atoms with Crippen LogP contribution in [0, 0.1) is 6.92 Å². The fourth-order valence-electron chi connectivity index (χ4n) is 1.38. The molecule has 0 bridgehead atoms. The number of nitrogens with two attached hydrogens (primary N) is 1. The number of hydrogen-bond acceptors (Lipinski definition) is 3. The fraction of sp³-hybridized carbons (Fsp3) is 0.0833. The monoisotopic (exact) mass is 373 g/mol. The summed E-state index contributed by atoms with van der Waals surface area (Å²) >= 11 is 8.15. The quantitative estimate of drug-likeness (QED) is 0.625. The second-order valence-electron chi connectivity index (χ2n) is 3.63. The number of hydrogen-bond donors (Lipinski definition) is 1. The molecular weight excluding hydrogens is 366 g/mol. The molecule has 0 saturated carbocycles. The molecular formula is C12H9Br2NOS. The minimum atomic E-state index is -0.00639. The zero-order valence-corrected chi connectivity index (χ0v) is 12.9. The normalized spacial score (nSPS) is 10.5. The number of ketones is 1. The van der Waals surface area contributed by atoms with E-state index in [9.17, 15) is 4.79 Å². The van der Waals surface area contributed by atoms with Crippen LogP contribution in [0.3, 0.4) is 0 Å². The average molecular weight is 375 g/mol. The number of carbonyl (C=O) groups is 1. The Hall–Kier alpha value is -0.650. The third-order valence-electron chi connectivity index (χ3n) is 2.41. The van der Waals surface area contributed by atoms with Gasteiger partial charge in [-0.05, 0) is 56.5 Å². The Morgan fingerprint density at radius 3 is 2.53 bits per heavy atom. The number of benzene rings is 1. The lowest BCUT2D eigenvalue weighted by Crippen LogP contribution is -2.00. The molecule has 2 nitrogen and oxygen atoms in total. The van der Waals surface area contributed by atoms with Crippen LogP contribution in [-0.2, 0) is 0 Å². The van der Waals surface area contributed by atoms with E-state index in [1.807, 2.05) is 19.1 Å². The largest absolute Gasteiger partial charge is 0.398 e. The molecule has 0 radical (unpaired) electrons. The Labute approximate surface area is 120 Å². The number of nitrogen functional groups attached to an aromatic ring is 1. The zero-order valence-electron chi connectivity index (χ0n) is 8.96. The molecule has 1 aromatic carbocycles. The minimum Gasteiger partial charge on any atom is -0.398 e. The molecule has 1 aromatic heterocycles. The molecule has 88 valence electrons. The van der Waals surface area contributed by atoms with Crippen LogP contribution in [0.1, 0.15) is 20.8 Å². The van der Waals surface area contributed by atoms with Gasteiger partial charge >= 0.3 is 0 Å². The van der Waals surface area contributed by atoms with Crippen LogP contribution in [-0.4, -0.2) is 5.78 Å². The number of carbonyl (C=O) groups excluding carboxylic acids is 1. The molecule has 0 spiro atoms. The van der Waals surface area contributed by atoms with Gasteiger partial charge in [0.05, 0.1) is 8.66 Å². The highest BCUT2D eigenvalue weighted by molar-refractivity contribution is 9.13. The number of aryl methyl sites for hydroxylation is 1. The van der Waals surface area contributed by atoms with Crippen molar-refractivity contribution in [3.63, 3.8) is 0 Å². The second kappa shape index (κ2) is 4.92. The number of thiophene rings is 1. The predicted molar refractivity (Wildman–Crippen MR) is 78.7 cm³/mol. The number of anilines is 1. The highest BCUT2D eigenvalue weighted by Gasteiger charge is 2.14. The predicted octanol–water partition coefficient (Wildman–Crippen LogP) is 4.39. The Kier molecular flexibility index (Phi) is 3.70. The van der Waals surface area contributed by atoms with Crippen molar-refractivity contribution in [3.05, 3.63) is 48.5 Å². The van der Waals surface area contributed by atoms with E-state index in [4.69, 9.17) is 5.73 Å². The fourth-order valence-corrected chi connectivity index (χ4v) is 3.38. The molecule has 0 atom stereocenters. The third-order valence-corrected chi connectivity index (χ3v) is 5.67. The van der Waals surface area contributed by atoms with Gasteiger partial charge in [0.1, 0.15) is 0 Å². The molecule has 0 aliphatic carbocycles. The van der Waals surface area contributed by atoms with Crippen molar-refractivity contribution in [3.8, 4) is 0 Å². The van der Waals surface area contributed by atoms with Crippen LogP contribution in [0.15, 0.2) is 32.5 Å². The highest BCUT2D eigenvalue weighted by atomic mass is 79.9. The average Bonchev–Trinajstić information content (AvgIpc) is 2.62. The van der Waals surface area contributed by atoms with E-state index in [0.717, 1.165) is 13.8 Å². The van der Waals surface area contributed by atoms with Crippen LogP contribution >= 0.6 is 43.2 Å². The summed E-state index contributed by atoms with van der Waals surface area (Å²) in [6.07, 6.45) is 0. The molecule has 0 unspecified atom stereocenters. The van der Waals surface area contributed by atoms with Crippen LogP contribution in [0.25, 0.3) is 0 Å². The van der Waals surface area contributed by atoms with E-state index in [-0.39, 0.29) is 5.78 Å². The first-order valence-electron chi connectivity index (χ1n) is 4.84. The lowest BCUT2D eigenvalue weighted by atomic mass is 10.1. The molecule has 0 aliphatic rings. The first-order valence-corrected chi connectivity index (χ1v) is 7.25. The SMILES string of the molecule is Cc1ccc(C(=O)c2cc(Br)c(Br)s2)cc1N. The molecule has 2 N–H and O–H groups in total. The summed E-state index contributed by atoms with van der Waals surface area (Å²) in [6.45, 7) is 1.92. The summed E-state index contributed by atoms with van der Waals surface area (Å²) in [6, 6.07) is 7.20. The standard InChI is InChI=1S/C12H9Br2NOS/c1-6-2-3-7(4-9(6)15)11(16)10-5-8(13)12(14)17-10/h2-5H,15H2,1H3. The minimum absolute atomic E-state index is 0.00639. The molecule has 0 fully saturated rings. The van der Waals surface area contributed by atoms with E-state index in [1.54, 1.807) is 12.1 Å². The molecule has 2 aromatic rings. The summed E-state index contributed by atoms with van der Waals surface area (Å²) in [4.78, 5) is 12.9. The molecule has 17 heavy (non-hydrogen) atoms. The lowest BCUT2D eigenvalue weighted by Gasteiger charge is -2.02. The van der Waals surface area contributed by atoms with Gasteiger partial charge in [-0.2, -0.15) is 0 Å². The Bertz CT molecular complexity index is 573. The molecule has 0 saturated heterocycles. The van der Waals surface area contributed by atoms with E-state index in [0.29, 0.717) is 16.1 Å². The van der Waals surface area contributed by atoms with Crippen LogP contribution in [0.5, 0.6) is 0 Å². The van der Waals surface area contributed by atoms with Gasteiger partial charge in [-0.3, -0.25) is 4.79 Å². The van der Waals surface area contributed by atoms with Crippen LogP contribution < -0.4 is 5.73 Å². The van der Waals surface area contributed by atoms with Crippen molar-refractivity contribution >= 4 is 54.7 Å². The maximum absolute atomic E-state index is 12.2. The lowest BCUT2D eigenvalue weighted by molar-refractivity contribution is 0.104. The maximum Gasteiger partial charge on any atom is 0.203 e. The third kappa shape index (κ3) is 2.61. The summed E-state index contributed by atoms with van der Waals surface area (Å²) in [5.41, 5.74) is 8.05. The Balaban J connectivity index is 2.40. The topological polar surface area (TPSA) is 43.1 Å². The zero-order chi connectivity index (χ0) is 12.6. The Morgan fingerprint density at radius 1 is 1.29 bits per heavy atom. The van der Waals surface area contributed by atoms with Crippen molar-refractivity contribution in [2.75, 3.05) is 5.73 Å². The van der Waals surface area contributed by atoms with Crippen LogP contribution in [0.2, 0.25) is 0 Å². The summed E-state index contributed by atoms with van der Waals surface area (Å²) in [7, 11) is 0. The second-order valence-corrected chi connectivity index (χ2v) is 6.86. The molecule has 0 aliphatic heterocycles. The number of rotatable bonds is 2. The molecule has 0 amide bonds. The summed E-state index contributed by atoms with van der Waals surface area (Å²) < 4.78 is 1.81. The first kappa shape index (κ1) is 12.8. The van der Waals surface area contributed by atoms with E-state index in [2.05, 4.69) is 31.9 Å². The summed E-state index contributed by atoms with van der Waals surface area (Å²) in [5.74, 6) is -0.00639. The van der Waals surface area contributed by atoms with E-state index in [1.165, 1.54) is 11.3 Å².